The molecule has 0 radical (unpaired) electrons. The molecule has 2 heterocycles. The predicted molar refractivity (Wildman–Crippen MR) is 87.7 cm³/mol. The maximum absolute atomic E-state index is 11.9. The monoisotopic (exact) mass is 377 g/mol. The molecule has 0 bridgehead atoms. The molecule has 2 fully saturated rings. The summed E-state index contributed by atoms with van der Waals surface area (Å²) in [5.74, 6) is 0.392. The lowest BCUT2D eigenvalue weighted by Gasteiger charge is -2.34. The largest absolute Gasteiger partial charge is 0.319 e. The highest BCUT2D eigenvalue weighted by atomic mass is 79.9. The maximum atomic E-state index is 11.9. The summed E-state index contributed by atoms with van der Waals surface area (Å²) in [6.07, 6.45) is 0. The van der Waals surface area contributed by atoms with E-state index in [4.69, 9.17) is 12.2 Å². The van der Waals surface area contributed by atoms with Crippen molar-refractivity contribution in [2.24, 2.45) is 0 Å². The van der Waals surface area contributed by atoms with Gasteiger partial charge in [0.2, 0.25) is 0 Å². The first-order chi connectivity index (χ1) is 8.82. The Morgan fingerprint density at radius 1 is 1.53 bits per heavy atom. The van der Waals surface area contributed by atoms with E-state index in [1.165, 1.54) is 11.8 Å². The zero-order valence-electron chi connectivity index (χ0n) is 10.2. The molecule has 2 saturated heterocycles. The number of hydrogen-bond acceptors (Lipinski definition) is 4. The van der Waals surface area contributed by atoms with Gasteiger partial charge in [-0.3, -0.25) is 0 Å². The van der Waals surface area contributed by atoms with Gasteiger partial charge in [-0.05, 0) is 25.1 Å². The van der Waals surface area contributed by atoms with Crippen LogP contribution >= 0.6 is 39.9 Å². The fraction of sp³-hybridized carbons (Fsp3) is 0.417. The topological polar surface area (TPSA) is 37.4 Å². The van der Waals surface area contributed by atoms with E-state index < -0.39 is 15.4 Å². The fourth-order valence-electron chi connectivity index (χ4n) is 2.78. The molecule has 0 unspecified atom stereocenters. The Hall–Kier alpha value is -0.110. The molecular formula is C12H12BrNO2S3. The van der Waals surface area contributed by atoms with Crippen LogP contribution in [0.3, 0.4) is 0 Å². The minimum Gasteiger partial charge on any atom is -0.319 e. The lowest BCUT2D eigenvalue weighted by Crippen LogP contribution is -2.49. The summed E-state index contributed by atoms with van der Waals surface area (Å²) >= 11 is 10.4. The van der Waals surface area contributed by atoms with Gasteiger partial charge in [-0.25, -0.2) is 8.42 Å². The summed E-state index contributed by atoms with van der Waals surface area (Å²) < 4.78 is 25.5. The van der Waals surface area contributed by atoms with Gasteiger partial charge < -0.3 is 4.90 Å². The predicted octanol–water partition coefficient (Wildman–Crippen LogP) is 2.84. The Morgan fingerprint density at radius 3 is 2.95 bits per heavy atom. The van der Waals surface area contributed by atoms with Crippen molar-refractivity contribution in [3.8, 4) is 0 Å². The Balaban J connectivity index is 2.08. The number of hydrogen-bond donors (Lipinski definition) is 0. The van der Waals surface area contributed by atoms with Crippen LogP contribution in [0.25, 0.3) is 0 Å². The minimum absolute atomic E-state index is 0.0315. The number of benzene rings is 1. The molecule has 2 atom stereocenters. The van der Waals surface area contributed by atoms with E-state index in [1.54, 1.807) is 0 Å². The van der Waals surface area contributed by atoms with E-state index in [-0.39, 0.29) is 16.8 Å². The second-order valence-electron chi connectivity index (χ2n) is 5.10. The smallest absolute Gasteiger partial charge is 0.153 e. The van der Waals surface area contributed by atoms with Crippen molar-refractivity contribution in [1.82, 2.24) is 0 Å². The third-order valence-corrected chi connectivity index (χ3v) is 8.00. The molecule has 0 aliphatic carbocycles. The number of nitrogens with zero attached hydrogens (tertiary/aromatic N) is 1. The third-order valence-electron chi connectivity index (χ3n) is 3.61. The molecule has 0 amide bonds. The van der Waals surface area contributed by atoms with Gasteiger partial charge in [0.05, 0.1) is 22.3 Å². The Labute approximate surface area is 130 Å². The zero-order chi connectivity index (χ0) is 13.8. The van der Waals surface area contributed by atoms with E-state index in [2.05, 4.69) is 15.9 Å². The van der Waals surface area contributed by atoms with Crippen molar-refractivity contribution in [3.05, 3.63) is 28.7 Å². The van der Waals surface area contributed by atoms with Crippen LogP contribution in [-0.2, 0) is 9.84 Å². The van der Waals surface area contributed by atoms with Crippen LogP contribution in [0.1, 0.15) is 6.92 Å². The molecule has 3 rings (SSSR count). The molecule has 0 aromatic heterocycles. The molecular weight excluding hydrogens is 366 g/mol. The van der Waals surface area contributed by atoms with Gasteiger partial charge in [0, 0.05) is 10.2 Å². The number of sulfone groups is 1. The van der Waals surface area contributed by atoms with E-state index in [1.807, 2.05) is 36.1 Å². The summed E-state index contributed by atoms with van der Waals surface area (Å²) in [6, 6.07) is 7.83. The normalized spacial score (nSPS) is 32.6. The summed E-state index contributed by atoms with van der Waals surface area (Å²) in [4.78, 5) is 2.01. The fourth-order valence-corrected chi connectivity index (χ4v) is 8.09. The first-order valence-electron chi connectivity index (χ1n) is 5.79. The first-order valence-corrected chi connectivity index (χ1v) is 9.69. The van der Waals surface area contributed by atoms with Crippen molar-refractivity contribution in [2.75, 3.05) is 16.4 Å². The standard InChI is InChI=1S/C12H12BrNO2S3/c1-12-7-19(15,16)6-10(12)18-11(17)14(12)9-4-2-3-8(13)5-9/h2-5,10H,6-7H2,1H3/t10-,12-/m1/s1. The highest BCUT2D eigenvalue weighted by molar-refractivity contribution is 9.10. The van der Waals surface area contributed by atoms with Gasteiger partial charge in [-0.2, -0.15) is 0 Å². The highest BCUT2D eigenvalue weighted by Gasteiger charge is 2.57. The number of fused-ring (bicyclic) bond motifs is 1. The van der Waals surface area contributed by atoms with Crippen molar-refractivity contribution >= 4 is 59.8 Å². The SMILES string of the molecule is C[C@@]12CS(=O)(=O)C[C@H]1SC(=S)N2c1cccc(Br)c1. The second-order valence-corrected chi connectivity index (χ2v) is 9.96. The molecule has 2 aliphatic heterocycles. The van der Waals surface area contributed by atoms with E-state index in [0.717, 1.165) is 14.5 Å². The minimum atomic E-state index is -2.97. The number of rotatable bonds is 1. The van der Waals surface area contributed by atoms with Crippen LogP contribution in [0.2, 0.25) is 0 Å². The van der Waals surface area contributed by atoms with E-state index >= 15 is 0 Å². The van der Waals surface area contributed by atoms with Crippen LogP contribution in [0, 0.1) is 0 Å². The molecule has 7 heteroatoms. The van der Waals surface area contributed by atoms with Gasteiger partial charge >= 0.3 is 0 Å². The third kappa shape index (κ3) is 2.24. The summed E-state index contributed by atoms with van der Waals surface area (Å²) in [5.41, 5.74) is 0.524. The van der Waals surface area contributed by atoms with Gasteiger partial charge in [0.25, 0.3) is 0 Å². The van der Waals surface area contributed by atoms with E-state index in [9.17, 15) is 8.42 Å². The lowest BCUT2D eigenvalue weighted by atomic mass is 9.99. The number of halogens is 1. The molecule has 3 nitrogen and oxygen atoms in total. The molecule has 0 spiro atoms. The van der Waals surface area contributed by atoms with Crippen molar-refractivity contribution in [1.29, 1.82) is 0 Å². The van der Waals surface area contributed by atoms with Crippen molar-refractivity contribution in [3.63, 3.8) is 0 Å². The molecule has 1 aromatic carbocycles. The summed E-state index contributed by atoms with van der Waals surface area (Å²) in [7, 11) is -2.97. The first kappa shape index (κ1) is 13.9. The van der Waals surface area contributed by atoms with Crippen LogP contribution in [0.4, 0.5) is 5.69 Å². The number of thioether (sulfide) groups is 1. The van der Waals surface area contributed by atoms with Gasteiger partial charge in [0.1, 0.15) is 4.32 Å². The van der Waals surface area contributed by atoms with Crippen LogP contribution in [0.5, 0.6) is 0 Å². The summed E-state index contributed by atoms with van der Waals surface area (Å²) in [5, 5.41) is 0.0315. The Morgan fingerprint density at radius 2 is 2.26 bits per heavy atom. The highest BCUT2D eigenvalue weighted by Crippen LogP contribution is 2.48. The van der Waals surface area contributed by atoms with Gasteiger partial charge in [-0.15, -0.1) is 0 Å². The Kier molecular flexibility index (Phi) is 3.24. The Bertz CT molecular complexity index is 661. The molecule has 0 N–H and O–H groups in total. The van der Waals surface area contributed by atoms with E-state index in [0.29, 0.717) is 0 Å². The molecule has 2 aliphatic rings. The number of anilines is 1. The summed E-state index contributed by atoms with van der Waals surface area (Å²) in [6.45, 7) is 2.00. The molecule has 102 valence electrons. The molecule has 0 saturated carbocycles. The van der Waals surface area contributed by atoms with Crippen molar-refractivity contribution < 1.29 is 8.42 Å². The quantitative estimate of drug-likeness (QED) is 0.703. The zero-order valence-corrected chi connectivity index (χ0v) is 14.2. The maximum Gasteiger partial charge on any atom is 0.153 e. The van der Waals surface area contributed by atoms with Crippen molar-refractivity contribution in [2.45, 2.75) is 17.7 Å². The number of thiocarbonyl (C=S) groups is 1. The van der Waals surface area contributed by atoms with Gasteiger partial charge in [0.15, 0.2) is 9.84 Å². The lowest BCUT2D eigenvalue weighted by molar-refractivity contribution is 0.550. The van der Waals surface area contributed by atoms with Crippen LogP contribution < -0.4 is 4.90 Å². The molecule has 19 heavy (non-hydrogen) atoms. The average molecular weight is 378 g/mol. The molecule has 1 aromatic rings. The van der Waals surface area contributed by atoms with Crippen LogP contribution in [0.15, 0.2) is 28.7 Å². The average Bonchev–Trinajstić information content (AvgIpc) is 2.60. The van der Waals surface area contributed by atoms with Gasteiger partial charge in [-0.1, -0.05) is 46.0 Å². The second kappa shape index (κ2) is 4.44. The van der Waals surface area contributed by atoms with Crippen LogP contribution in [-0.4, -0.2) is 35.0 Å².